The molecule has 0 fully saturated rings. The summed E-state index contributed by atoms with van der Waals surface area (Å²) in [5.74, 6) is -1.08. The quantitative estimate of drug-likeness (QED) is 0.588. The molecule has 0 saturated heterocycles. The number of carboxylic acids is 1. The highest BCUT2D eigenvalue weighted by atomic mass is 35.5. The number of fused-ring (bicyclic) bond motifs is 1. The number of carbonyl (C=O) groups is 1. The van der Waals surface area contributed by atoms with Gasteiger partial charge in [-0.15, -0.1) is 0 Å². The van der Waals surface area contributed by atoms with Crippen LogP contribution in [0.2, 0.25) is 5.02 Å². The van der Waals surface area contributed by atoms with E-state index in [1.54, 1.807) is 28.0 Å². The van der Waals surface area contributed by atoms with Gasteiger partial charge in [0.25, 0.3) is 0 Å². The van der Waals surface area contributed by atoms with Crippen molar-refractivity contribution in [1.82, 2.24) is 14.6 Å². The number of aromatic nitrogens is 3. The van der Waals surface area contributed by atoms with Crippen LogP contribution in [0.25, 0.3) is 28.2 Å². The van der Waals surface area contributed by atoms with Gasteiger partial charge in [-0.3, -0.25) is 0 Å². The average molecular weight is 356 g/mol. The number of aromatic carboxylic acids is 1. The summed E-state index contributed by atoms with van der Waals surface area (Å²) in [6, 6.07) is 12.7. The number of carboxylic acid groups (broad SMARTS) is 1. The first-order chi connectivity index (χ1) is 11.6. The number of hydrogen-bond donors (Lipinski definition) is 1. The maximum absolute atomic E-state index is 11.2. The molecule has 0 aliphatic rings. The molecule has 4 aromatic rings. The molecule has 0 aliphatic heterocycles. The Bertz CT molecular complexity index is 1040. The number of rotatable bonds is 3. The molecule has 0 radical (unpaired) electrons. The molecular weight excluding hydrogens is 346 g/mol. The third-order valence-corrected chi connectivity index (χ3v) is 4.54. The highest BCUT2D eigenvalue weighted by molar-refractivity contribution is 7.08. The standard InChI is InChI=1S/C17H10ClN3O2S/c18-12-3-1-10(2-4-12)13-7-15(11-5-6-24-9-11)21-16(19-13)8-14(20-21)17(22)23/h1-9H,(H,22,23). The molecule has 1 aromatic carbocycles. The lowest BCUT2D eigenvalue weighted by Crippen LogP contribution is -2.00. The molecule has 24 heavy (non-hydrogen) atoms. The Balaban J connectivity index is 1.99. The molecule has 118 valence electrons. The molecule has 0 unspecified atom stereocenters. The van der Waals surface area contributed by atoms with E-state index in [0.717, 1.165) is 22.5 Å². The summed E-state index contributed by atoms with van der Waals surface area (Å²) >= 11 is 7.51. The minimum atomic E-state index is -1.08. The monoisotopic (exact) mass is 355 g/mol. The van der Waals surface area contributed by atoms with E-state index < -0.39 is 5.97 Å². The Morgan fingerprint density at radius 2 is 1.92 bits per heavy atom. The second kappa shape index (κ2) is 5.74. The van der Waals surface area contributed by atoms with Crippen molar-refractivity contribution in [3.8, 4) is 22.5 Å². The minimum absolute atomic E-state index is 0.0350. The van der Waals surface area contributed by atoms with Gasteiger partial charge in [-0.2, -0.15) is 16.4 Å². The minimum Gasteiger partial charge on any atom is -0.476 e. The Morgan fingerprint density at radius 3 is 2.58 bits per heavy atom. The van der Waals surface area contributed by atoms with Gasteiger partial charge in [0.05, 0.1) is 11.4 Å². The predicted molar refractivity (Wildman–Crippen MR) is 93.7 cm³/mol. The molecule has 7 heteroatoms. The number of thiophene rings is 1. The predicted octanol–water partition coefficient (Wildman–Crippen LogP) is 4.48. The van der Waals surface area contributed by atoms with E-state index in [1.807, 2.05) is 35.0 Å². The molecule has 0 bridgehead atoms. The van der Waals surface area contributed by atoms with Gasteiger partial charge in [0.1, 0.15) is 0 Å². The van der Waals surface area contributed by atoms with Crippen molar-refractivity contribution < 1.29 is 9.90 Å². The number of benzene rings is 1. The lowest BCUT2D eigenvalue weighted by Gasteiger charge is -2.07. The molecule has 0 aliphatic carbocycles. The third-order valence-electron chi connectivity index (χ3n) is 3.60. The van der Waals surface area contributed by atoms with Crippen LogP contribution in [0, 0.1) is 0 Å². The van der Waals surface area contributed by atoms with Crippen molar-refractivity contribution >= 4 is 34.6 Å². The van der Waals surface area contributed by atoms with Gasteiger partial charge in [0, 0.05) is 27.6 Å². The van der Waals surface area contributed by atoms with E-state index in [1.165, 1.54) is 6.07 Å². The third kappa shape index (κ3) is 2.55. The van der Waals surface area contributed by atoms with Crippen LogP contribution in [0.15, 0.2) is 53.2 Å². The largest absolute Gasteiger partial charge is 0.476 e. The molecule has 0 saturated carbocycles. The molecule has 4 rings (SSSR count). The first-order valence-corrected chi connectivity index (χ1v) is 8.36. The van der Waals surface area contributed by atoms with Crippen LogP contribution >= 0.6 is 22.9 Å². The van der Waals surface area contributed by atoms with E-state index in [4.69, 9.17) is 11.6 Å². The summed E-state index contributed by atoms with van der Waals surface area (Å²) in [5.41, 5.74) is 3.84. The Morgan fingerprint density at radius 1 is 1.12 bits per heavy atom. The van der Waals surface area contributed by atoms with Crippen LogP contribution in [0.1, 0.15) is 10.5 Å². The fraction of sp³-hybridized carbons (Fsp3) is 0. The first kappa shape index (κ1) is 14.9. The summed E-state index contributed by atoms with van der Waals surface area (Å²) < 4.78 is 1.56. The molecule has 3 heterocycles. The van der Waals surface area contributed by atoms with Crippen molar-refractivity contribution in [2.45, 2.75) is 0 Å². The van der Waals surface area contributed by atoms with Crippen LogP contribution in [-0.4, -0.2) is 25.7 Å². The van der Waals surface area contributed by atoms with Gasteiger partial charge < -0.3 is 5.11 Å². The first-order valence-electron chi connectivity index (χ1n) is 7.04. The number of nitrogens with zero attached hydrogens (tertiary/aromatic N) is 3. The summed E-state index contributed by atoms with van der Waals surface area (Å²) in [4.78, 5) is 15.8. The maximum Gasteiger partial charge on any atom is 0.356 e. The number of hydrogen-bond acceptors (Lipinski definition) is 4. The maximum atomic E-state index is 11.2. The van der Waals surface area contributed by atoms with Gasteiger partial charge in [-0.1, -0.05) is 23.7 Å². The lowest BCUT2D eigenvalue weighted by molar-refractivity contribution is 0.0690. The van der Waals surface area contributed by atoms with Gasteiger partial charge in [0.15, 0.2) is 11.3 Å². The van der Waals surface area contributed by atoms with Crippen molar-refractivity contribution in [1.29, 1.82) is 0 Å². The van der Waals surface area contributed by atoms with Gasteiger partial charge in [0.2, 0.25) is 0 Å². The van der Waals surface area contributed by atoms with Crippen molar-refractivity contribution in [3.05, 3.63) is 63.9 Å². The van der Waals surface area contributed by atoms with Gasteiger partial charge >= 0.3 is 5.97 Å². The van der Waals surface area contributed by atoms with E-state index in [2.05, 4.69) is 10.1 Å². The Labute approximate surface area is 145 Å². The zero-order valence-electron chi connectivity index (χ0n) is 12.2. The van der Waals surface area contributed by atoms with Crippen molar-refractivity contribution in [2.75, 3.05) is 0 Å². The smallest absolute Gasteiger partial charge is 0.356 e. The molecule has 0 spiro atoms. The zero-order valence-corrected chi connectivity index (χ0v) is 13.8. The summed E-state index contributed by atoms with van der Waals surface area (Å²) in [6.07, 6.45) is 0. The second-order valence-corrected chi connectivity index (χ2v) is 6.37. The summed E-state index contributed by atoms with van der Waals surface area (Å²) in [5, 5.41) is 18.0. The van der Waals surface area contributed by atoms with Crippen LogP contribution in [0.4, 0.5) is 0 Å². The summed E-state index contributed by atoms with van der Waals surface area (Å²) in [7, 11) is 0. The summed E-state index contributed by atoms with van der Waals surface area (Å²) in [6.45, 7) is 0. The van der Waals surface area contributed by atoms with Crippen LogP contribution in [-0.2, 0) is 0 Å². The van der Waals surface area contributed by atoms with E-state index >= 15 is 0 Å². The van der Waals surface area contributed by atoms with Crippen LogP contribution in [0.5, 0.6) is 0 Å². The normalized spacial score (nSPS) is 11.0. The number of halogens is 1. The Kier molecular flexibility index (Phi) is 3.55. The molecule has 1 N–H and O–H groups in total. The lowest BCUT2D eigenvalue weighted by atomic mass is 10.1. The highest BCUT2D eigenvalue weighted by Gasteiger charge is 2.15. The SMILES string of the molecule is O=C(O)c1cc2nc(-c3ccc(Cl)cc3)cc(-c3ccsc3)n2n1. The van der Waals surface area contributed by atoms with E-state index in [0.29, 0.717) is 10.7 Å². The molecule has 3 aromatic heterocycles. The van der Waals surface area contributed by atoms with E-state index in [-0.39, 0.29) is 5.69 Å². The second-order valence-electron chi connectivity index (χ2n) is 5.15. The van der Waals surface area contributed by atoms with Gasteiger partial charge in [-0.25, -0.2) is 14.3 Å². The Hall–Kier alpha value is -2.70. The molecule has 0 atom stereocenters. The zero-order chi connectivity index (χ0) is 16.7. The molecule has 5 nitrogen and oxygen atoms in total. The fourth-order valence-corrected chi connectivity index (χ4v) is 3.24. The fourth-order valence-electron chi connectivity index (χ4n) is 2.46. The van der Waals surface area contributed by atoms with Gasteiger partial charge in [-0.05, 0) is 29.6 Å². The molecule has 0 amide bonds. The van der Waals surface area contributed by atoms with E-state index in [9.17, 15) is 9.90 Å². The average Bonchev–Trinajstić information content (AvgIpc) is 3.24. The highest BCUT2D eigenvalue weighted by Crippen LogP contribution is 2.28. The molecular formula is C17H10ClN3O2S. The van der Waals surface area contributed by atoms with Crippen LogP contribution in [0.3, 0.4) is 0 Å². The topological polar surface area (TPSA) is 67.5 Å². The van der Waals surface area contributed by atoms with Crippen LogP contribution < -0.4 is 0 Å². The van der Waals surface area contributed by atoms with Crippen molar-refractivity contribution in [3.63, 3.8) is 0 Å². The van der Waals surface area contributed by atoms with Crippen molar-refractivity contribution in [2.24, 2.45) is 0 Å².